The maximum atomic E-state index is 13.2. The third kappa shape index (κ3) is 2.01. The molecule has 6 heteroatoms. The number of hydrogen-bond acceptors (Lipinski definition) is 2. The molecule has 0 bridgehead atoms. The summed E-state index contributed by atoms with van der Waals surface area (Å²) < 4.78 is 54.3. The summed E-state index contributed by atoms with van der Waals surface area (Å²) in [6.07, 6.45) is -4.80. The number of rotatable bonds is 1. The highest BCUT2D eigenvalue weighted by molar-refractivity contribution is 5.47. The van der Waals surface area contributed by atoms with Crippen LogP contribution in [0.2, 0.25) is 0 Å². The summed E-state index contributed by atoms with van der Waals surface area (Å²) in [5.41, 5.74) is -1.72. The van der Waals surface area contributed by atoms with Crippen molar-refractivity contribution in [3.05, 3.63) is 29.1 Å². The van der Waals surface area contributed by atoms with Crippen molar-refractivity contribution in [2.75, 3.05) is 7.11 Å². The third-order valence-electron chi connectivity index (χ3n) is 1.73. The number of alkyl halides is 3. The Kier molecular flexibility index (Phi) is 2.84. The number of halogens is 4. The molecule has 0 aliphatic rings. The smallest absolute Gasteiger partial charge is 0.419 e. The second-order valence-corrected chi connectivity index (χ2v) is 2.62. The van der Waals surface area contributed by atoms with E-state index in [2.05, 4.69) is 4.74 Å². The zero-order chi connectivity index (χ0) is 11.6. The van der Waals surface area contributed by atoms with E-state index in [1.165, 1.54) is 6.07 Å². The summed E-state index contributed by atoms with van der Waals surface area (Å²) in [5.74, 6) is -2.25. The minimum Gasteiger partial charge on any atom is -0.492 e. The molecule has 0 atom stereocenters. The molecule has 0 fully saturated rings. The molecule has 1 aromatic carbocycles. The SMILES string of the molecule is COc1c(C#N)ccc(C(F)(F)F)c1F. The fourth-order valence-corrected chi connectivity index (χ4v) is 1.06. The van der Waals surface area contributed by atoms with Crippen molar-refractivity contribution in [3.63, 3.8) is 0 Å². The highest BCUT2D eigenvalue weighted by atomic mass is 19.4. The van der Waals surface area contributed by atoms with Gasteiger partial charge in [0.15, 0.2) is 11.6 Å². The molecule has 0 amide bonds. The number of methoxy groups -OCH3 is 1. The van der Waals surface area contributed by atoms with Gasteiger partial charge < -0.3 is 4.74 Å². The van der Waals surface area contributed by atoms with Crippen LogP contribution < -0.4 is 4.74 Å². The molecule has 1 aromatic rings. The fourth-order valence-electron chi connectivity index (χ4n) is 1.06. The predicted molar refractivity (Wildman–Crippen MR) is 42.7 cm³/mol. The van der Waals surface area contributed by atoms with Crippen LogP contribution >= 0.6 is 0 Å². The lowest BCUT2D eigenvalue weighted by Crippen LogP contribution is -2.09. The molecule has 0 aromatic heterocycles. The average Bonchev–Trinajstić information content (AvgIpc) is 2.15. The molecule has 2 nitrogen and oxygen atoms in total. The van der Waals surface area contributed by atoms with Gasteiger partial charge in [-0.2, -0.15) is 18.4 Å². The summed E-state index contributed by atoms with van der Waals surface area (Å²) >= 11 is 0. The zero-order valence-corrected chi connectivity index (χ0v) is 7.52. The van der Waals surface area contributed by atoms with E-state index in [0.717, 1.165) is 13.2 Å². The largest absolute Gasteiger partial charge is 0.492 e. The van der Waals surface area contributed by atoms with Gasteiger partial charge >= 0.3 is 6.18 Å². The lowest BCUT2D eigenvalue weighted by Gasteiger charge is -2.11. The molecular formula is C9H5F4NO. The number of benzene rings is 1. The van der Waals surface area contributed by atoms with Gasteiger partial charge in [-0.05, 0) is 12.1 Å². The quantitative estimate of drug-likeness (QED) is 0.680. The van der Waals surface area contributed by atoms with Crippen LogP contribution in [0, 0.1) is 17.1 Å². The van der Waals surface area contributed by atoms with Crippen LogP contribution in [0.25, 0.3) is 0 Å². The van der Waals surface area contributed by atoms with Gasteiger partial charge in [-0.1, -0.05) is 0 Å². The second kappa shape index (κ2) is 3.77. The van der Waals surface area contributed by atoms with E-state index in [-0.39, 0.29) is 5.56 Å². The molecule has 0 unspecified atom stereocenters. The Bertz CT molecular complexity index is 419. The van der Waals surface area contributed by atoms with E-state index in [1.54, 1.807) is 0 Å². The van der Waals surface area contributed by atoms with Gasteiger partial charge in [0.25, 0.3) is 0 Å². The van der Waals surface area contributed by atoms with Gasteiger partial charge in [-0.15, -0.1) is 0 Å². The van der Waals surface area contributed by atoms with Crippen LogP contribution in [0.5, 0.6) is 5.75 Å². The van der Waals surface area contributed by atoms with Crippen LogP contribution in [0.3, 0.4) is 0 Å². The summed E-state index contributed by atoms with van der Waals surface area (Å²) in [4.78, 5) is 0. The van der Waals surface area contributed by atoms with Crippen LogP contribution in [-0.4, -0.2) is 7.11 Å². The van der Waals surface area contributed by atoms with Crippen molar-refractivity contribution in [1.29, 1.82) is 5.26 Å². The summed E-state index contributed by atoms with van der Waals surface area (Å²) in [6.45, 7) is 0. The minimum atomic E-state index is -4.80. The van der Waals surface area contributed by atoms with Crippen molar-refractivity contribution >= 4 is 0 Å². The second-order valence-electron chi connectivity index (χ2n) is 2.62. The normalized spacial score (nSPS) is 10.9. The molecule has 15 heavy (non-hydrogen) atoms. The molecule has 80 valence electrons. The predicted octanol–water partition coefficient (Wildman–Crippen LogP) is 2.72. The Balaban J connectivity index is 3.44. The van der Waals surface area contributed by atoms with Crippen molar-refractivity contribution in [2.45, 2.75) is 6.18 Å². The lowest BCUT2D eigenvalue weighted by molar-refractivity contribution is -0.140. The molecule has 1 rings (SSSR count). The maximum Gasteiger partial charge on any atom is 0.419 e. The van der Waals surface area contributed by atoms with E-state index in [4.69, 9.17) is 5.26 Å². The van der Waals surface area contributed by atoms with Gasteiger partial charge in [0.1, 0.15) is 6.07 Å². The Morgan fingerprint density at radius 2 is 1.93 bits per heavy atom. The van der Waals surface area contributed by atoms with E-state index in [0.29, 0.717) is 6.07 Å². The fraction of sp³-hybridized carbons (Fsp3) is 0.222. The Labute approximate surface area is 82.7 Å². The Morgan fingerprint density at radius 3 is 2.33 bits per heavy atom. The van der Waals surface area contributed by atoms with Gasteiger partial charge in [0.05, 0.1) is 18.2 Å². The van der Waals surface area contributed by atoms with Crippen molar-refractivity contribution in [1.82, 2.24) is 0 Å². The van der Waals surface area contributed by atoms with Gasteiger partial charge in [-0.25, -0.2) is 4.39 Å². The average molecular weight is 219 g/mol. The summed E-state index contributed by atoms with van der Waals surface area (Å²) in [6, 6.07) is 2.91. The van der Waals surface area contributed by atoms with Crippen LogP contribution in [0.1, 0.15) is 11.1 Å². The summed E-state index contributed by atoms with van der Waals surface area (Å²) in [5, 5.41) is 8.49. The van der Waals surface area contributed by atoms with E-state index >= 15 is 0 Å². The molecule has 0 spiro atoms. The zero-order valence-electron chi connectivity index (χ0n) is 7.52. The molecule has 0 heterocycles. The third-order valence-corrected chi connectivity index (χ3v) is 1.73. The van der Waals surface area contributed by atoms with Crippen molar-refractivity contribution < 1.29 is 22.3 Å². The highest BCUT2D eigenvalue weighted by Gasteiger charge is 2.36. The number of nitriles is 1. The highest BCUT2D eigenvalue weighted by Crippen LogP contribution is 2.36. The lowest BCUT2D eigenvalue weighted by atomic mass is 10.1. The number of nitrogens with zero attached hydrogens (tertiary/aromatic N) is 1. The standard InChI is InChI=1S/C9H5F4NO/c1-15-8-5(4-14)2-3-6(7(8)10)9(11,12)13/h2-3H,1H3. The molecule has 0 aliphatic carbocycles. The van der Waals surface area contributed by atoms with Crippen molar-refractivity contribution in [2.24, 2.45) is 0 Å². The Hall–Kier alpha value is -1.77. The van der Waals surface area contributed by atoms with Gasteiger partial charge in [0.2, 0.25) is 0 Å². The first-order chi connectivity index (χ1) is 6.91. The van der Waals surface area contributed by atoms with Gasteiger partial charge in [0, 0.05) is 0 Å². The maximum absolute atomic E-state index is 13.2. The van der Waals surface area contributed by atoms with E-state index in [9.17, 15) is 17.6 Å². The topological polar surface area (TPSA) is 33.0 Å². The van der Waals surface area contributed by atoms with Crippen LogP contribution in [0.4, 0.5) is 17.6 Å². The molecule has 0 saturated heterocycles. The van der Waals surface area contributed by atoms with Crippen molar-refractivity contribution in [3.8, 4) is 11.8 Å². The van der Waals surface area contributed by atoms with Gasteiger partial charge in [-0.3, -0.25) is 0 Å². The summed E-state index contributed by atoms with van der Waals surface area (Å²) in [7, 11) is 0.999. The van der Waals surface area contributed by atoms with E-state index < -0.39 is 23.3 Å². The minimum absolute atomic E-state index is 0.275. The molecule has 0 saturated carbocycles. The first kappa shape index (κ1) is 11.3. The number of ether oxygens (including phenoxy) is 1. The monoisotopic (exact) mass is 219 g/mol. The molecule has 0 radical (unpaired) electrons. The molecule has 0 aliphatic heterocycles. The van der Waals surface area contributed by atoms with Crippen LogP contribution in [0.15, 0.2) is 12.1 Å². The molecule has 0 N–H and O–H groups in total. The van der Waals surface area contributed by atoms with Crippen LogP contribution in [-0.2, 0) is 6.18 Å². The Morgan fingerprint density at radius 1 is 1.33 bits per heavy atom. The van der Waals surface area contributed by atoms with E-state index in [1.807, 2.05) is 0 Å². The molecular weight excluding hydrogens is 214 g/mol. The number of hydrogen-bond donors (Lipinski definition) is 0. The first-order valence-corrected chi connectivity index (χ1v) is 3.75. The first-order valence-electron chi connectivity index (χ1n) is 3.75.